The summed E-state index contributed by atoms with van der Waals surface area (Å²) in [5, 5.41) is 64.1. The highest BCUT2D eigenvalue weighted by Gasteiger charge is 2.40. The van der Waals surface area contributed by atoms with E-state index in [0.717, 1.165) is 5.39 Å². The number of phenols is 1. The van der Waals surface area contributed by atoms with Gasteiger partial charge in [-0.1, -0.05) is 117 Å². The van der Waals surface area contributed by atoms with Gasteiger partial charge in [-0.2, -0.15) is 25.3 Å². The van der Waals surface area contributed by atoms with E-state index in [4.69, 9.17) is 5.73 Å². The van der Waals surface area contributed by atoms with E-state index in [9.17, 15) is 72.9 Å². The number of aliphatic hydroxyl groups is 1. The van der Waals surface area contributed by atoms with Gasteiger partial charge in [-0.25, -0.2) is 4.98 Å². The van der Waals surface area contributed by atoms with Gasteiger partial charge in [0.1, 0.15) is 77.7 Å². The average Bonchev–Trinajstić information content (AvgIpc) is 1.76. The van der Waals surface area contributed by atoms with Gasteiger partial charge in [0, 0.05) is 79.5 Å². The van der Waals surface area contributed by atoms with Gasteiger partial charge in [0.15, 0.2) is 0 Å². The summed E-state index contributed by atoms with van der Waals surface area (Å²) in [5.41, 5.74) is 6.89. The maximum Gasteiger partial charge on any atom is 0.305 e. The molecule has 7 aromatic rings. The van der Waals surface area contributed by atoms with Crippen molar-refractivity contribution < 1.29 is 82.4 Å². The number of aromatic amines is 2. The minimum absolute atomic E-state index is 0.118. The first-order chi connectivity index (χ1) is 52.6. The second-order valence-electron chi connectivity index (χ2n) is 27.6. The number of carbonyl (C=O) groups is 14. The van der Waals surface area contributed by atoms with Gasteiger partial charge in [-0.05, 0) is 84.8 Å². The van der Waals surface area contributed by atoms with Crippen LogP contribution in [0.25, 0.3) is 21.7 Å². The van der Waals surface area contributed by atoms with Gasteiger partial charge in [-0.3, -0.25) is 67.1 Å². The molecule has 0 aliphatic rings. The van der Waals surface area contributed by atoms with Crippen molar-refractivity contribution in [3.8, 4) is 5.75 Å². The molecule has 19 N–H and O–H groups in total. The Morgan fingerprint density at radius 2 is 0.928 bits per heavy atom. The Morgan fingerprint density at radius 1 is 0.468 bits per heavy atom. The molecule has 0 radical (unpaired) electrons. The van der Waals surface area contributed by atoms with E-state index < -0.39 is 179 Å². The SMILES string of the molecule is CC(=O)N[C@@H](CS)C(=O)N[C@@H](C)C(=O)N[C@@H](CC(=O)O)C(=O)N[C@@H](Cc1c[nH]c2ccccc12)C(=O)N[C@H](C(=O)N[C@@H](CS)C(=O)N[C@@H](Cc1ccc(O)cc1)C(=O)N[C@@H](Cc1cccc2ccccc12)C(=O)N[C@@H](Cc1cnc[nH]1)C(=O)N[C@H](C(=O)N[C@@H](Cc1ccccc1)C(=O)NC(C)(C)C(N)=O)[C@@H](C)O)C(C)C. The summed E-state index contributed by atoms with van der Waals surface area (Å²) in [5.74, 6) is -15.3. The number of thiol groups is 2. The molecule has 33 nitrogen and oxygen atoms in total. The van der Waals surface area contributed by atoms with Crippen molar-refractivity contribution in [3.05, 3.63) is 168 Å². The van der Waals surface area contributed by atoms with Gasteiger partial charge in [-0.15, -0.1) is 0 Å². The highest BCUT2D eigenvalue weighted by atomic mass is 32.1. The van der Waals surface area contributed by atoms with Crippen LogP contribution >= 0.6 is 25.3 Å². The maximum absolute atomic E-state index is 15.3. The van der Waals surface area contributed by atoms with Gasteiger partial charge in [0.25, 0.3) is 0 Å². The number of carboxylic acids is 1. The third-order valence-corrected chi connectivity index (χ3v) is 18.8. The van der Waals surface area contributed by atoms with Crippen molar-refractivity contribution in [1.82, 2.24) is 78.8 Å². The van der Waals surface area contributed by atoms with Gasteiger partial charge in [0.2, 0.25) is 76.8 Å². The summed E-state index contributed by atoms with van der Waals surface area (Å²) in [6.07, 6.45) is 0.270. The van der Waals surface area contributed by atoms with Crippen molar-refractivity contribution in [2.24, 2.45) is 11.7 Å². The number of nitrogens with two attached hydrogens (primary N) is 1. The number of rotatable bonds is 40. The highest BCUT2D eigenvalue weighted by molar-refractivity contribution is 7.80. The fourth-order valence-electron chi connectivity index (χ4n) is 11.8. The lowest BCUT2D eigenvalue weighted by Crippen LogP contribution is -2.63. The van der Waals surface area contributed by atoms with Gasteiger partial charge >= 0.3 is 5.97 Å². The lowest BCUT2D eigenvalue weighted by Gasteiger charge is -2.30. The van der Waals surface area contributed by atoms with E-state index in [1.54, 1.807) is 105 Å². The highest BCUT2D eigenvalue weighted by Crippen LogP contribution is 2.23. The molecule has 0 saturated heterocycles. The smallest absolute Gasteiger partial charge is 0.305 e. The third kappa shape index (κ3) is 25.4. The molecule has 0 aliphatic carbocycles. The quantitative estimate of drug-likeness (QED) is 0.0213. The van der Waals surface area contributed by atoms with Crippen molar-refractivity contribution in [3.63, 3.8) is 0 Å². The zero-order chi connectivity index (χ0) is 81.4. The molecule has 35 heteroatoms. The summed E-state index contributed by atoms with van der Waals surface area (Å²) in [7, 11) is 0. The number of phenolic OH excluding ortho intramolecular Hbond substituents is 1. The molecule has 12 atom stereocenters. The Labute approximate surface area is 649 Å². The van der Waals surface area contributed by atoms with Crippen LogP contribution in [0.2, 0.25) is 0 Å². The number of aliphatic carboxylic acids is 1. The number of nitrogens with one attached hydrogen (secondary N) is 14. The zero-order valence-corrected chi connectivity index (χ0v) is 63.7. The van der Waals surface area contributed by atoms with Crippen molar-refractivity contribution in [1.29, 1.82) is 0 Å². The topological polar surface area (TPSA) is 515 Å². The number of aromatic nitrogens is 3. The van der Waals surface area contributed by atoms with Crippen LogP contribution in [0.5, 0.6) is 5.75 Å². The average molecular weight is 1570 g/mol. The molecular formula is C76H94N16O17S2. The number of H-pyrrole nitrogens is 2. The van der Waals surface area contributed by atoms with Gasteiger partial charge < -0.3 is 94.8 Å². The zero-order valence-electron chi connectivity index (χ0n) is 61.9. The number of benzene rings is 5. The standard InChI is InChI=1S/C76H94N16O17S2/c1-39(2)62(90-68(102)56(31-47-34-79-52-23-14-13-22-51(47)52)86-67(101)58(33-61(96)97)83-64(98)40(3)81-70(104)59(36-110)82-42(5)94)73(107)89-60(37-111)71(105)84-53(29-44-24-26-49(95)27-25-44)65(99)85-55(30-46-20-15-19-45-18-11-12-21-50(45)46)66(100)87-57(32-48-35-78-38-80-48)69(103)91-63(41(4)93)74(108)88-54(28-43-16-9-8-10-17-43)72(106)92-76(6,7)75(77)109/h8-27,34-35,38-41,53-60,62-63,79,93,95,110-111H,28-33,36-37H2,1-7H3,(H2,77,109)(H,78,80)(H,81,104)(H,82,94)(H,83,98)(H,84,105)(H,85,99)(H,86,101)(H,87,100)(H,88,108)(H,89,107)(H,90,102)(H,91,103)(H,92,106)(H,96,97)/t40-,41+,53-,54-,55-,56-,57-,58-,59-,60-,62-,63-/m0/s1. The first kappa shape index (κ1) is 86.4. The van der Waals surface area contributed by atoms with E-state index in [-0.39, 0.29) is 43.6 Å². The third-order valence-electron chi connectivity index (χ3n) is 18.0. The Hall–Kier alpha value is -11.9. The summed E-state index contributed by atoms with van der Waals surface area (Å²) in [4.78, 5) is 205. The number of fused-ring (bicyclic) bond motifs is 2. The van der Waals surface area contributed by atoms with E-state index in [0.29, 0.717) is 44.2 Å². The molecule has 2 heterocycles. The molecule has 13 amide bonds. The number of hydrogen-bond donors (Lipinski definition) is 20. The van der Waals surface area contributed by atoms with Crippen LogP contribution in [-0.2, 0) is 99.2 Å². The molecule has 5 aromatic carbocycles. The second kappa shape index (κ2) is 40.5. The Bertz CT molecular complexity index is 4480. The maximum atomic E-state index is 15.3. The number of aromatic hydroxyl groups is 1. The fraction of sp³-hybridized carbons (Fsp3) is 0.382. The second-order valence-corrected chi connectivity index (χ2v) is 28.3. The minimum atomic E-state index is -1.86. The number of amides is 13. The van der Waals surface area contributed by atoms with Gasteiger partial charge in [0.05, 0.1) is 18.9 Å². The molecule has 0 spiro atoms. The molecule has 2 aromatic heterocycles. The summed E-state index contributed by atoms with van der Waals surface area (Å²) in [6.45, 7) is 9.46. The van der Waals surface area contributed by atoms with E-state index in [1.807, 2.05) is 12.1 Å². The lowest BCUT2D eigenvalue weighted by molar-refractivity contribution is -0.141. The Morgan fingerprint density at radius 3 is 1.50 bits per heavy atom. The molecule has 0 saturated carbocycles. The number of carboxylic acid groups (broad SMARTS) is 1. The van der Waals surface area contributed by atoms with Crippen molar-refractivity contribution in [2.45, 2.75) is 165 Å². The summed E-state index contributed by atoms with van der Waals surface area (Å²) < 4.78 is 0. The largest absolute Gasteiger partial charge is 0.508 e. The van der Waals surface area contributed by atoms with Crippen LogP contribution in [-0.4, -0.2) is 203 Å². The van der Waals surface area contributed by atoms with E-state index in [1.165, 1.54) is 71.4 Å². The first-order valence-corrected chi connectivity index (χ1v) is 36.8. The monoisotopic (exact) mass is 1570 g/mol. The first-order valence-electron chi connectivity index (χ1n) is 35.5. The number of hydrogen-bond acceptors (Lipinski definition) is 19. The number of carbonyl (C=O) groups excluding carboxylic acids is 13. The van der Waals surface area contributed by atoms with Crippen LogP contribution in [0.15, 0.2) is 140 Å². The molecule has 592 valence electrons. The van der Waals surface area contributed by atoms with Crippen LogP contribution in [0.4, 0.5) is 0 Å². The molecule has 0 fully saturated rings. The molecule has 7 rings (SSSR count). The molecule has 111 heavy (non-hydrogen) atoms. The number of para-hydroxylation sites is 1. The van der Waals surface area contributed by atoms with Crippen LogP contribution in [0.3, 0.4) is 0 Å². The van der Waals surface area contributed by atoms with Crippen LogP contribution < -0.4 is 69.5 Å². The molecule has 0 aliphatic heterocycles. The Balaban J connectivity index is 1.15. The molecule has 0 bridgehead atoms. The Kier molecular flexibility index (Phi) is 31.6. The lowest BCUT2D eigenvalue weighted by atomic mass is 9.97. The minimum Gasteiger partial charge on any atom is -0.508 e. The van der Waals surface area contributed by atoms with E-state index >= 15 is 9.59 Å². The number of nitrogens with zero attached hydrogens (tertiary/aromatic N) is 1. The summed E-state index contributed by atoms with van der Waals surface area (Å²) in [6, 6.07) is 16.3. The van der Waals surface area contributed by atoms with Crippen molar-refractivity contribution >= 4 is 130 Å². The fourth-order valence-corrected chi connectivity index (χ4v) is 12.3. The predicted molar refractivity (Wildman–Crippen MR) is 414 cm³/mol. The number of imidazole rings is 1. The van der Waals surface area contributed by atoms with E-state index in [2.05, 4.69) is 104 Å². The molecular weight excluding hydrogens is 1470 g/mol. The normalized spacial score (nSPS) is 14.6. The van der Waals surface area contributed by atoms with Crippen LogP contribution in [0.1, 0.15) is 82.8 Å². The predicted octanol–water partition coefficient (Wildman–Crippen LogP) is -0.613. The molecule has 0 unspecified atom stereocenters. The summed E-state index contributed by atoms with van der Waals surface area (Å²) >= 11 is 8.49. The number of primary amides is 1. The van der Waals surface area contributed by atoms with Crippen molar-refractivity contribution in [2.75, 3.05) is 11.5 Å². The van der Waals surface area contributed by atoms with Crippen LogP contribution in [0, 0.1) is 5.92 Å². The number of aliphatic hydroxyl groups excluding tert-OH is 1.